The molecule has 0 unspecified atom stereocenters. The maximum atomic E-state index is 12.9. The standard InChI is InChI=1S/C17H20FNO/c1-12(2)19-11-14-10-13(3)4-9-17(14)20-16-7-5-15(18)6-8-16/h4-10,12,19H,11H2,1-3H3. The van der Waals surface area contributed by atoms with E-state index in [9.17, 15) is 4.39 Å². The fourth-order valence-electron chi connectivity index (χ4n) is 1.89. The second-order valence-corrected chi connectivity index (χ2v) is 5.20. The molecule has 0 aromatic heterocycles. The third-order valence-electron chi connectivity index (χ3n) is 2.96. The lowest BCUT2D eigenvalue weighted by Gasteiger charge is -2.14. The van der Waals surface area contributed by atoms with E-state index in [1.54, 1.807) is 12.1 Å². The van der Waals surface area contributed by atoms with Crippen LogP contribution in [-0.4, -0.2) is 6.04 Å². The van der Waals surface area contributed by atoms with Crippen LogP contribution in [0.15, 0.2) is 42.5 Å². The van der Waals surface area contributed by atoms with Crippen LogP contribution in [0.1, 0.15) is 25.0 Å². The van der Waals surface area contributed by atoms with Gasteiger partial charge in [0.1, 0.15) is 17.3 Å². The predicted octanol–water partition coefficient (Wildman–Crippen LogP) is 4.42. The molecule has 0 heterocycles. The van der Waals surface area contributed by atoms with Crippen LogP contribution in [0.4, 0.5) is 4.39 Å². The highest BCUT2D eigenvalue weighted by molar-refractivity contribution is 5.40. The lowest BCUT2D eigenvalue weighted by molar-refractivity contribution is 0.467. The molecule has 106 valence electrons. The Kier molecular flexibility index (Phi) is 4.74. The van der Waals surface area contributed by atoms with Gasteiger partial charge in [-0.25, -0.2) is 4.39 Å². The first-order chi connectivity index (χ1) is 9.54. The van der Waals surface area contributed by atoms with Crippen LogP contribution >= 0.6 is 0 Å². The zero-order valence-corrected chi connectivity index (χ0v) is 12.1. The van der Waals surface area contributed by atoms with Crippen molar-refractivity contribution in [3.63, 3.8) is 0 Å². The van der Waals surface area contributed by atoms with Crippen molar-refractivity contribution in [2.75, 3.05) is 0 Å². The highest BCUT2D eigenvalue weighted by atomic mass is 19.1. The molecule has 0 aliphatic heterocycles. The molecule has 2 nitrogen and oxygen atoms in total. The zero-order chi connectivity index (χ0) is 14.5. The number of nitrogens with one attached hydrogen (secondary N) is 1. The third kappa shape index (κ3) is 4.07. The summed E-state index contributed by atoms with van der Waals surface area (Å²) in [5.74, 6) is 1.18. The molecule has 0 radical (unpaired) electrons. The predicted molar refractivity (Wildman–Crippen MR) is 79.6 cm³/mol. The van der Waals surface area contributed by atoms with Crippen LogP contribution in [0.5, 0.6) is 11.5 Å². The molecule has 0 fully saturated rings. The van der Waals surface area contributed by atoms with E-state index in [4.69, 9.17) is 4.74 Å². The topological polar surface area (TPSA) is 21.3 Å². The van der Waals surface area contributed by atoms with Gasteiger partial charge < -0.3 is 10.1 Å². The van der Waals surface area contributed by atoms with E-state index in [2.05, 4.69) is 32.2 Å². The largest absolute Gasteiger partial charge is 0.457 e. The van der Waals surface area contributed by atoms with E-state index < -0.39 is 0 Å². The van der Waals surface area contributed by atoms with Gasteiger partial charge in [0.15, 0.2) is 0 Å². The number of halogens is 1. The average molecular weight is 273 g/mol. The average Bonchev–Trinajstić information content (AvgIpc) is 2.41. The molecule has 0 saturated heterocycles. The highest BCUT2D eigenvalue weighted by Crippen LogP contribution is 2.26. The van der Waals surface area contributed by atoms with Crippen molar-refractivity contribution < 1.29 is 9.13 Å². The zero-order valence-electron chi connectivity index (χ0n) is 12.1. The van der Waals surface area contributed by atoms with E-state index in [1.807, 2.05) is 12.1 Å². The summed E-state index contributed by atoms with van der Waals surface area (Å²) in [6.45, 7) is 7.02. The van der Waals surface area contributed by atoms with Crippen molar-refractivity contribution in [1.82, 2.24) is 5.32 Å². The monoisotopic (exact) mass is 273 g/mol. The van der Waals surface area contributed by atoms with Crippen molar-refractivity contribution in [2.24, 2.45) is 0 Å². The summed E-state index contributed by atoms with van der Waals surface area (Å²) in [6, 6.07) is 12.5. The normalized spacial score (nSPS) is 10.8. The summed E-state index contributed by atoms with van der Waals surface area (Å²) in [7, 11) is 0. The second-order valence-electron chi connectivity index (χ2n) is 5.20. The maximum absolute atomic E-state index is 12.9. The van der Waals surface area contributed by atoms with Crippen LogP contribution in [0.2, 0.25) is 0 Å². The van der Waals surface area contributed by atoms with Gasteiger partial charge in [0.05, 0.1) is 0 Å². The number of rotatable bonds is 5. The van der Waals surface area contributed by atoms with Crippen LogP contribution in [0.25, 0.3) is 0 Å². The van der Waals surface area contributed by atoms with E-state index in [-0.39, 0.29) is 5.82 Å². The molecule has 3 heteroatoms. The lowest BCUT2D eigenvalue weighted by Crippen LogP contribution is -2.22. The molecule has 2 rings (SSSR count). The van der Waals surface area contributed by atoms with E-state index in [1.165, 1.54) is 17.7 Å². The Bertz CT molecular complexity index is 564. The Morgan fingerprint density at radius 2 is 1.80 bits per heavy atom. The Hall–Kier alpha value is -1.87. The number of hydrogen-bond donors (Lipinski definition) is 1. The van der Waals surface area contributed by atoms with Gasteiger partial charge in [0.2, 0.25) is 0 Å². The Morgan fingerprint density at radius 1 is 1.10 bits per heavy atom. The molecule has 0 bridgehead atoms. The molecule has 0 aliphatic carbocycles. The number of hydrogen-bond acceptors (Lipinski definition) is 2. The summed E-state index contributed by atoms with van der Waals surface area (Å²) in [4.78, 5) is 0. The van der Waals surface area contributed by atoms with Gasteiger partial charge >= 0.3 is 0 Å². The molecule has 20 heavy (non-hydrogen) atoms. The molecule has 0 amide bonds. The molecule has 0 saturated carbocycles. The van der Waals surface area contributed by atoms with Crippen LogP contribution in [0.3, 0.4) is 0 Å². The first-order valence-corrected chi connectivity index (χ1v) is 6.81. The van der Waals surface area contributed by atoms with E-state index in [0.29, 0.717) is 11.8 Å². The minimum Gasteiger partial charge on any atom is -0.457 e. The van der Waals surface area contributed by atoms with Gasteiger partial charge in [-0.2, -0.15) is 0 Å². The van der Waals surface area contributed by atoms with Crippen molar-refractivity contribution in [3.05, 3.63) is 59.4 Å². The number of benzene rings is 2. The first-order valence-electron chi connectivity index (χ1n) is 6.81. The molecule has 0 aliphatic rings. The van der Waals surface area contributed by atoms with Crippen molar-refractivity contribution in [2.45, 2.75) is 33.4 Å². The van der Waals surface area contributed by atoms with Gasteiger partial charge in [0, 0.05) is 18.2 Å². The third-order valence-corrected chi connectivity index (χ3v) is 2.96. The molecular weight excluding hydrogens is 253 g/mol. The highest BCUT2D eigenvalue weighted by Gasteiger charge is 2.06. The molecular formula is C17H20FNO. The van der Waals surface area contributed by atoms with Gasteiger partial charge in [-0.1, -0.05) is 31.5 Å². The van der Waals surface area contributed by atoms with Crippen LogP contribution < -0.4 is 10.1 Å². The summed E-state index contributed by atoms with van der Waals surface area (Å²) in [6.07, 6.45) is 0. The van der Waals surface area contributed by atoms with Crippen LogP contribution in [0, 0.1) is 12.7 Å². The molecule has 2 aromatic rings. The fraction of sp³-hybridized carbons (Fsp3) is 0.294. The van der Waals surface area contributed by atoms with Gasteiger partial charge in [-0.15, -0.1) is 0 Å². The van der Waals surface area contributed by atoms with Gasteiger partial charge in [-0.05, 0) is 37.3 Å². The smallest absolute Gasteiger partial charge is 0.131 e. The minimum absolute atomic E-state index is 0.261. The van der Waals surface area contributed by atoms with Crippen LogP contribution in [-0.2, 0) is 6.54 Å². The molecule has 1 N–H and O–H groups in total. The number of aryl methyl sites for hydroxylation is 1. The van der Waals surface area contributed by atoms with E-state index >= 15 is 0 Å². The van der Waals surface area contributed by atoms with Crippen molar-refractivity contribution in [1.29, 1.82) is 0 Å². The summed E-state index contributed by atoms with van der Waals surface area (Å²) in [5.41, 5.74) is 2.29. The fourth-order valence-corrected chi connectivity index (χ4v) is 1.89. The quantitative estimate of drug-likeness (QED) is 0.870. The summed E-state index contributed by atoms with van der Waals surface area (Å²) < 4.78 is 18.7. The lowest BCUT2D eigenvalue weighted by atomic mass is 10.1. The summed E-state index contributed by atoms with van der Waals surface area (Å²) in [5, 5.41) is 3.38. The maximum Gasteiger partial charge on any atom is 0.131 e. The van der Waals surface area contributed by atoms with E-state index in [0.717, 1.165) is 17.9 Å². The Labute approximate surface area is 119 Å². The SMILES string of the molecule is Cc1ccc(Oc2ccc(F)cc2)c(CNC(C)C)c1. The second kappa shape index (κ2) is 6.53. The minimum atomic E-state index is -0.261. The Morgan fingerprint density at radius 3 is 2.45 bits per heavy atom. The number of ether oxygens (including phenoxy) is 1. The Balaban J connectivity index is 2.19. The van der Waals surface area contributed by atoms with Gasteiger partial charge in [-0.3, -0.25) is 0 Å². The van der Waals surface area contributed by atoms with Gasteiger partial charge in [0.25, 0.3) is 0 Å². The molecule has 2 aromatic carbocycles. The summed E-state index contributed by atoms with van der Waals surface area (Å²) >= 11 is 0. The van der Waals surface area contributed by atoms with Crippen molar-refractivity contribution in [3.8, 4) is 11.5 Å². The van der Waals surface area contributed by atoms with Crippen molar-refractivity contribution >= 4 is 0 Å². The molecule has 0 atom stereocenters. The first kappa shape index (κ1) is 14.5. The molecule has 0 spiro atoms.